The summed E-state index contributed by atoms with van der Waals surface area (Å²) in [5, 5.41) is 17.3. The highest BCUT2D eigenvalue weighted by Gasteiger charge is 2.09. The SMILES string of the molecule is COc1cc(C(=O)O)ccc1OCCOCCO. The highest BCUT2D eigenvalue weighted by Crippen LogP contribution is 2.27. The third kappa shape index (κ3) is 4.23. The first kappa shape index (κ1) is 14.3. The number of aliphatic hydroxyl groups is 1. The Kier molecular flexibility index (Phi) is 5.96. The Bertz CT molecular complexity index is 390. The van der Waals surface area contributed by atoms with E-state index in [0.717, 1.165) is 0 Å². The summed E-state index contributed by atoms with van der Waals surface area (Å²) in [6.07, 6.45) is 0. The number of methoxy groups -OCH3 is 1. The van der Waals surface area contributed by atoms with E-state index in [0.29, 0.717) is 24.7 Å². The molecule has 1 aromatic carbocycles. The van der Waals surface area contributed by atoms with Crippen LogP contribution in [-0.4, -0.2) is 49.7 Å². The largest absolute Gasteiger partial charge is 0.493 e. The zero-order valence-corrected chi connectivity index (χ0v) is 10.1. The lowest BCUT2D eigenvalue weighted by Crippen LogP contribution is -2.09. The summed E-state index contributed by atoms with van der Waals surface area (Å²) in [6.45, 7) is 0.863. The van der Waals surface area contributed by atoms with Crippen molar-refractivity contribution in [3.05, 3.63) is 23.8 Å². The van der Waals surface area contributed by atoms with Gasteiger partial charge >= 0.3 is 5.97 Å². The lowest BCUT2D eigenvalue weighted by Gasteiger charge is -2.11. The van der Waals surface area contributed by atoms with Gasteiger partial charge in [0.05, 0.1) is 32.5 Å². The average molecular weight is 256 g/mol. The van der Waals surface area contributed by atoms with Gasteiger partial charge in [-0.1, -0.05) is 0 Å². The number of carboxylic acid groups (broad SMARTS) is 1. The van der Waals surface area contributed by atoms with Gasteiger partial charge in [-0.2, -0.15) is 0 Å². The Morgan fingerprint density at radius 3 is 2.61 bits per heavy atom. The van der Waals surface area contributed by atoms with E-state index in [1.807, 2.05) is 0 Å². The predicted octanol–water partition coefficient (Wildman–Crippen LogP) is 0.781. The molecule has 0 amide bonds. The third-order valence-electron chi connectivity index (χ3n) is 2.13. The lowest BCUT2D eigenvalue weighted by molar-refractivity contribution is 0.0691. The minimum absolute atomic E-state index is 0.0311. The summed E-state index contributed by atoms with van der Waals surface area (Å²) in [6, 6.07) is 4.37. The maximum Gasteiger partial charge on any atom is 0.335 e. The molecule has 0 aliphatic rings. The Hall–Kier alpha value is -1.79. The minimum Gasteiger partial charge on any atom is -0.493 e. The van der Waals surface area contributed by atoms with Gasteiger partial charge in [-0.3, -0.25) is 0 Å². The van der Waals surface area contributed by atoms with E-state index in [2.05, 4.69) is 0 Å². The molecule has 0 bridgehead atoms. The van der Waals surface area contributed by atoms with Gasteiger partial charge in [-0.15, -0.1) is 0 Å². The number of benzene rings is 1. The quantitative estimate of drug-likeness (QED) is 0.669. The molecule has 6 nitrogen and oxygen atoms in total. The molecule has 18 heavy (non-hydrogen) atoms. The van der Waals surface area contributed by atoms with Gasteiger partial charge in [0.25, 0.3) is 0 Å². The molecule has 0 unspecified atom stereocenters. The molecule has 100 valence electrons. The molecule has 0 atom stereocenters. The molecule has 0 radical (unpaired) electrons. The van der Waals surface area contributed by atoms with Gasteiger partial charge < -0.3 is 24.4 Å². The van der Waals surface area contributed by atoms with Crippen LogP contribution >= 0.6 is 0 Å². The number of hydrogen-bond donors (Lipinski definition) is 2. The molecule has 0 aromatic heterocycles. The van der Waals surface area contributed by atoms with Crippen molar-refractivity contribution >= 4 is 5.97 Å². The molecule has 0 fully saturated rings. The van der Waals surface area contributed by atoms with Crippen molar-refractivity contribution in [1.82, 2.24) is 0 Å². The smallest absolute Gasteiger partial charge is 0.335 e. The third-order valence-corrected chi connectivity index (χ3v) is 2.13. The Morgan fingerprint density at radius 2 is 2.00 bits per heavy atom. The molecule has 0 saturated carbocycles. The number of aliphatic hydroxyl groups excluding tert-OH is 1. The number of aromatic carboxylic acids is 1. The molecular weight excluding hydrogens is 240 g/mol. The van der Waals surface area contributed by atoms with E-state index >= 15 is 0 Å². The molecule has 0 heterocycles. The van der Waals surface area contributed by atoms with E-state index in [1.165, 1.54) is 25.3 Å². The normalized spacial score (nSPS) is 10.1. The molecule has 2 N–H and O–H groups in total. The molecule has 1 rings (SSSR count). The first-order chi connectivity index (χ1) is 8.69. The summed E-state index contributed by atoms with van der Waals surface area (Å²) in [5.74, 6) is -0.210. The van der Waals surface area contributed by atoms with Crippen LogP contribution in [0.3, 0.4) is 0 Å². The highest BCUT2D eigenvalue weighted by atomic mass is 16.5. The second-order valence-electron chi connectivity index (χ2n) is 3.36. The second kappa shape index (κ2) is 7.52. The van der Waals surface area contributed by atoms with Gasteiger partial charge in [-0.25, -0.2) is 4.79 Å². The number of rotatable bonds is 8. The van der Waals surface area contributed by atoms with Crippen molar-refractivity contribution in [3.8, 4) is 11.5 Å². The standard InChI is InChI=1S/C12H16O6/c1-16-11-8-9(12(14)15)2-3-10(11)18-7-6-17-5-4-13/h2-3,8,13H,4-7H2,1H3,(H,14,15). The Labute approximate surface area is 105 Å². The van der Waals surface area contributed by atoms with E-state index in [-0.39, 0.29) is 18.8 Å². The molecular formula is C12H16O6. The average Bonchev–Trinajstić information content (AvgIpc) is 2.38. The van der Waals surface area contributed by atoms with Crippen molar-refractivity contribution in [3.63, 3.8) is 0 Å². The maximum absolute atomic E-state index is 10.8. The van der Waals surface area contributed by atoms with Gasteiger partial charge in [0.15, 0.2) is 11.5 Å². The Morgan fingerprint density at radius 1 is 1.22 bits per heavy atom. The highest BCUT2D eigenvalue weighted by molar-refractivity contribution is 5.88. The van der Waals surface area contributed by atoms with Crippen LogP contribution in [0, 0.1) is 0 Å². The van der Waals surface area contributed by atoms with Gasteiger partial charge in [-0.05, 0) is 18.2 Å². The van der Waals surface area contributed by atoms with Gasteiger partial charge in [0.2, 0.25) is 0 Å². The number of ether oxygens (including phenoxy) is 3. The van der Waals surface area contributed by atoms with Gasteiger partial charge in [0.1, 0.15) is 6.61 Å². The fraction of sp³-hybridized carbons (Fsp3) is 0.417. The van der Waals surface area contributed by atoms with Crippen LogP contribution in [0.4, 0.5) is 0 Å². The Balaban J connectivity index is 2.57. The van der Waals surface area contributed by atoms with Crippen LogP contribution in [0.25, 0.3) is 0 Å². The summed E-state index contributed by atoms with van der Waals surface area (Å²) in [5.41, 5.74) is 0.135. The van der Waals surface area contributed by atoms with Crippen molar-refractivity contribution in [2.24, 2.45) is 0 Å². The van der Waals surface area contributed by atoms with E-state index in [1.54, 1.807) is 0 Å². The molecule has 6 heteroatoms. The zero-order chi connectivity index (χ0) is 13.4. The summed E-state index contributed by atoms with van der Waals surface area (Å²) >= 11 is 0. The predicted molar refractivity (Wildman–Crippen MR) is 63.4 cm³/mol. The molecule has 1 aromatic rings. The van der Waals surface area contributed by atoms with Crippen molar-refractivity contribution in [2.75, 3.05) is 33.5 Å². The monoisotopic (exact) mass is 256 g/mol. The van der Waals surface area contributed by atoms with Crippen LogP contribution < -0.4 is 9.47 Å². The minimum atomic E-state index is -1.02. The van der Waals surface area contributed by atoms with Crippen molar-refractivity contribution in [1.29, 1.82) is 0 Å². The number of carboxylic acids is 1. The molecule has 0 aliphatic carbocycles. The second-order valence-corrected chi connectivity index (χ2v) is 3.36. The van der Waals surface area contributed by atoms with Crippen LogP contribution in [0.5, 0.6) is 11.5 Å². The number of carbonyl (C=O) groups is 1. The van der Waals surface area contributed by atoms with Crippen LogP contribution in [0.15, 0.2) is 18.2 Å². The van der Waals surface area contributed by atoms with Gasteiger partial charge in [0, 0.05) is 0 Å². The summed E-state index contributed by atoms with van der Waals surface area (Å²) in [4.78, 5) is 10.8. The molecule has 0 aliphatic heterocycles. The maximum atomic E-state index is 10.8. The van der Waals surface area contributed by atoms with Crippen LogP contribution in [0.1, 0.15) is 10.4 Å². The fourth-order valence-corrected chi connectivity index (χ4v) is 1.30. The van der Waals surface area contributed by atoms with E-state index < -0.39 is 5.97 Å². The topological polar surface area (TPSA) is 85.2 Å². The zero-order valence-electron chi connectivity index (χ0n) is 10.1. The van der Waals surface area contributed by atoms with E-state index in [4.69, 9.17) is 24.4 Å². The van der Waals surface area contributed by atoms with Crippen molar-refractivity contribution in [2.45, 2.75) is 0 Å². The summed E-state index contributed by atoms with van der Waals surface area (Å²) in [7, 11) is 1.44. The lowest BCUT2D eigenvalue weighted by atomic mass is 10.2. The summed E-state index contributed by atoms with van der Waals surface area (Å²) < 4.78 is 15.5. The number of hydrogen-bond acceptors (Lipinski definition) is 5. The van der Waals surface area contributed by atoms with E-state index in [9.17, 15) is 4.79 Å². The van der Waals surface area contributed by atoms with Crippen LogP contribution in [-0.2, 0) is 4.74 Å². The molecule has 0 spiro atoms. The van der Waals surface area contributed by atoms with Crippen LogP contribution in [0.2, 0.25) is 0 Å². The fourth-order valence-electron chi connectivity index (χ4n) is 1.30. The van der Waals surface area contributed by atoms with Crippen molar-refractivity contribution < 1.29 is 29.2 Å². The first-order valence-corrected chi connectivity index (χ1v) is 5.41. The first-order valence-electron chi connectivity index (χ1n) is 5.41. The molecule has 0 saturated heterocycles.